The summed E-state index contributed by atoms with van der Waals surface area (Å²) in [5.74, 6) is 0.922. The van der Waals surface area contributed by atoms with Gasteiger partial charge in [-0.3, -0.25) is 9.69 Å². The van der Waals surface area contributed by atoms with Crippen molar-refractivity contribution in [2.75, 3.05) is 31.6 Å². The van der Waals surface area contributed by atoms with Gasteiger partial charge in [0.1, 0.15) is 19.0 Å². The molecular weight excluding hydrogens is 323 g/mol. The lowest BCUT2D eigenvalue weighted by Gasteiger charge is -2.21. The van der Waals surface area contributed by atoms with Crippen molar-refractivity contribution >= 4 is 11.6 Å². The number of benzene rings is 2. The zero-order valence-corrected chi connectivity index (χ0v) is 14.1. The van der Waals surface area contributed by atoms with E-state index in [-0.39, 0.29) is 18.3 Å². The molecule has 0 fully saturated rings. The second kappa shape index (κ2) is 7.98. The first-order valence-corrected chi connectivity index (χ1v) is 8.30. The quantitative estimate of drug-likeness (QED) is 0.875. The normalized spacial score (nSPS) is 12.9. The average Bonchev–Trinajstić information content (AvgIpc) is 2.61. The maximum Gasteiger partial charge on any atom is 0.238 e. The highest BCUT2D eigenvalue weighted by Gasteiger charge is 2.14. The first kappa shape index (κ1) is 17.2. The third-order valence-electron chi connectivity index (χ3n) is 3.94. The number of rotatable bonds is 6. The second-order valence-corrected chi connectivity index (χ2v) is 5.84. The smallest absolute Gasteiger partial charge is 0.238 e. The lowest BCUT2D eigenvalue weighted by molar-refractivity contribution is -0.117. The number of ether oxygens (including phenoxy) is 2. The van der Waals surface area contributed by atoms with Crippen LogP contribution in [0.2, 0.25) is 0 Å². The Balaban J connectivity index is 1.59. The number of likely N-dealkylation sites (N-methyl/N-ethyl adjacent to an activating group) is 1. The topological polar surface area (TPSA) is 50.8 Å². The van der Waals surface area contributed by atoms with Gasteiger partial charge >= 0.3 is 0 Å². The highest BCUT2D eigenvalue weighted by molar-refractivity contribution is 5.92. The van der Waals surface area contributed by atoms with Crippen molar-refractivity contribution in [1.29, 1.82) is 0 Å². The summed E-state index contributed by atoms with van der Waals surface area (Å²) in [5.41, 5.74) is 1.50. The highest BCUT2D eigenvalue weighted by atomic mass is 19.1. The summed E-state index contributed by atoms with van der Waals surface area (Å²) in [4.78, 5) is 14.3. The lowest BCUT2D eigenvalue weighted by atomic mass is 10.2. The van der Waals surface area contributed by atoms with Crippen LogP contribution >= 0.6 is 0 Å². The molecule has 5 nitrogen and oxygen atoms in total. The van der Waals surface area contributed by atoms with Crippen molar-refractivity contribution in [3.63, 3.8) is 0 Å². The third kappa shape index (κ3) is 4.70. The molecule has 0 unspecified atom stereocenters. The van der Waals surface area contributed by atoms with Crippen LogP contribution in [0, 0.1) is 5.82 Å². The van der Waals surface area contributed by atoms with Gasteiger partial charge in [0.2, 0.25) is 5.91 Å². The minimum absolute atomic E-state index is 0.130. The Bertz CT molecular complexity index is 751. The standard InChI is InChI=1S/C19H21FN2O3/c1-2-22(12-14-4-3-5-15(20)10-14)13-19(23)21-16-6-7-17-18(11-16)25-9-8-24-17/h3-7,10-11H,2,8-9,12-13H2,1H3,(H,21,23). The molecule has 132 valence electrons. The summed E-state index contributed by atoms with van der Waals surface area (Å²) >= 11 is 0. The summed E-state index contributed by atoms with van der Waals surface area (Å²) in [6, 6.07) is 11.8. The zero-order chi connectivity index (χ0) is 17.6. The van der Waals surface area contributed by atoms with Gasteiger partial charge in [-0.25, -0.2) is 4.39 Å². The Hall–Kier alpha value is -2.60. The van der Waals surface area contributed by atoms with E-state index in [1.807, 2.05) is 17.9 Å². The molecule has 25 heavy (non-hydrogen) atoms. The van der Waals surface area contributed by atoms with Crippen LogP contribution in [0.4, 0.5) is 10.1 Å². The van der Waals surface area contributed by atoms with Crippen molar-refractivity contribution in [2.24, 2.45) is 0 Å². The molecule has 0 saturated heterocycles. The predicted octanol–water partition coefficient (Wildman–Crippen LogP) is 3.06. The van der Waals surface area contributed by atoms with E-state index in [0.29, 0.717) is 43.5 Å². The third-order valence-corrected chi connectivity index (χ3v) is 3.94. The van der Waals surface area contributed by atoms with Crippen LogP contribution < -0.4 is 14.8 Å². The van der Waals surface area contributed by atoms with Crippen molar-refractivity contribution in [3.05, 3.63) is 53.8 Å². The maximum atomic E-state index is 13.3. The van der Waals surface area contributed by atoms with E-state index < -0.39 is 0 Å². The van der Waals surface area contributed by atoms with Gasteiger partial charge in [-0.2, -0.15) is 0 Å². The number of fused-ring (bicyclic) bond motifs is 1. The lowest BCUT2D eigenvalue weighted by Crippen LogP contribution is -2.32. The molecule has 1 aliphatic heterocycles. The van der Waals surface area contributed by atoms with Crippen LogP contribution in [0.3, 0.4) is 0 Å². The largest absolute Gasteiger partial charge is 0.486 e. The number of carbonyl (C=O) groups excluding carboxylic acids is 1. The van der Waals surface area contributed by atoms with Crippen LogP contribution in [0.15, 0.2) is 42.5 Å². The summed E-state index contributed by atoms with van der Waals surface area (Å²) in [6.07, 6.45) is 0. The summed E-state index contributed by atoms with van der Waals surface area (Å²) in [5, 5.41) is 2.86. The van der Waals surface area contributed by atoms with E-state index in [4.69, 9.17) is 9.47 Å². The number of hydrogen-bond acceptors (Lipinski definition) is 4. The first-order chi connectivity index (χ1) is 12.1. The minimum atomic E-state index is -0.269. The van der Waals surface area contributed by atoms with Gasteiger partial charge in [0.05, 0.1) is 6.54 Å². The Kier molecular flexibility index (Phi) is 5.50. The van der Waals surface area contributed by atoms with Crippen LogP contribution in [-0.2, 0) is 11.3 Å². The van der Waals surface area contributed by atoms with E-state index in [1.54, 1.807) is 24.3 Å². The second-order valence-electron chi connectivity index (χ2n) is 5.84. The van der Waals surface area contributed by atoms with E-state index in [0.717, 1.165) is 5.56 Å². The van der Waals surface area contributed by atoms with Crippen LogP contribution in [-0.4, -0.2) is 37.1 Å². The number of nitrogens with zero attached hydrogens (tertiary/aromatic N) is 1. The number of nitrogens with one attached hydrogen (secondary N) is 1. The van der Waals surface area contributed by atoms with Gasteiger partial charge in [0.15, 0.2) is 11.5 Å². The molecule has 3 rings (SSSR count). The summed E-state index contributed by atoms with van der Waals surface area (Å²) < 4.78 is 24.3. The molecule has 2 aromatic carbocycles. The average molecular weight is 344 g/mol. The van der Waals surface area contributed by atoms with Gasteiger partial charge < -0.3 is 14.8 Å². The molecule has 1 N–H and O–H groups in total. The van der Waals surface area contributed by atoms with Gasteiger partial charge in [0, 0.05) is 18.3 Å². The number of amides is 1. The van der Waals surface area contributed by atoms with E-state index in [1.165, 1.54) is 12.1 Å². The monoisotopic (exact) mass is 344 g/mol. The molecule has 6 heteroatoms. The Morgan fingerprint density at radius 1 is 1.16 bits per heavy atom. The van der Waals surface area contributed by atoms with Crippen LogP contribution in [0.25, 0.3) is 0 Å². The molecule has 1 amide bonds. The fourth-order valence-electron chi connectivity index (χ4n) is 2.70. The van der Waals surface area contributed by atoms with E-state index in [2.05, 4.69) is 5.32 Å². The molecule has 0 aliphatic carbocycles. The SMILES string of the molecule is CCN(CC(=O)Nc1ccc2c(c1)OCCO2)Cc1cccc(F)c1. The predicted molar refractivity (Wildman–Crippen MR) is 93.4 cm³/mol. The van der Waals surface area contributed by atoms with Gasteiger partial charge in [-0.05, 0) is 36.4 Å². The molecule has 0 radical (unpaired) electrons. The number of anilines is 1. The van der Waals surface area contributed by atoms with Crippen molar-refractivity contribution in [3.8, 4) is 11.5 Å². The molecule has 1 heterocycles. The van der Waals surface area contributed by atoms with E-state index in [9.17, 15) is 9.18 Å². The first-order valence-electron chi connectivity index (χ1n) is 8.30. The minimum Gasteiger partial charge on any atom is -0.486 e. The van der Waals surface area contributed by atoms with Crippen molar-refractivity contribution < 1.29 is 18.7 Å². The number of halogens is 1. The molecular formula is C19H21FN2O3. The Morgan fingerprint density at radius 2 is 1.96 bits per heavy atom. The fraction of sp³-hybridized carbons (Fsp3) is 0.316. The summed E-state index contributed by atoms with van der Waals surface area (Å²) in [6.45, 7) is 4.43. The molecule has 0 aromatic heterocycles. The van der Waals surface area contributed by atoms with Gasteiger partial charge in [0.25, 0.3) is 0 Å². The Morgan fingerprint density at radius 3 is 2.72 bits per heavy atom. The molecule has 0 atom stereocenters. The zero-order valence-electron chi connectivity index (χ0n) is 14.1. The fourth-order valence-corrected chi connectivity index (χ4v) is 2.70. The van der Waals surface area contributed by atoms with Crippen molar-refractivity contribution in [2.45, 2.75) is 13.5 Å². The highest BCUT2D eigenvalue weighted by Crippen LogP contribution is 2.32. The van der Waals surface area contributed by atoms with Crippen LogP contribution in [0.1, 0.15) is 12.5 Å². The molecule has 0 bridgehead atoms. The number of carbonyl (C=O) groups is 1. The molecule has 1 aliphatic rings. The van der Waals surface area contributed by atoms with Crippen LogP contribution in [0.5, 0.6) is 11.5 Å². The van der Waals surface area contributed by atoms with Crippen molar-refractivity contribution in [1.82, 2.24) is 4.90 Å². The van der Waals surface area contributed by atoms with Gasteiger partial charge in [-0.15, -0.1) is 0 Å². The Labute approximate surface area is 146 Å². The number of hydrogen-bond donors (Lipinski definition) is 1. The van der Waals surface area contributed by atoms with Gasteiger partial charge in [-0.1, -0.05) is 19.1 Å². The molecule has 0 spiro atoms. The maximum absolute atomic E-state index is 13.3. The molecule has 0 saturated carbocycles. The van der Waals surface area contributed by atoms with E-state index >= 15 is 0 Å². The summed E-state index contributed by atoms with van der Waals surface area (Å²) in [7, 11) is 0. The molecule has 2 aromatic rings.